The molecule has 24 heavy (non-hydrogen) atoms. The Balaban J connectivity index is 0.000000671. The summed E-state index contributed by atoms with van der Waals surface area (Å²) in [5, 5.41) is 0. The second-order valence-electron chi connectivity index (χ2n) is 4.42. The zero-order valence-corrected chi connectivity index (χ0v) is 14.7. The van der Waals surface area contributed by atoms with Crippen LogP contribution >= 0.6 is 0 Å². The van der Waals surface area contributed by atoms with Crippen molar-refractivity contribution >= 4 is 5.69 Å². The molecule has 2 aromatic heterocycles. The molecule has 2 N–H and O–H groups in total. The Morgan fingerprint density at radius 1 is 0.917 bits per heavy atom. The molecule has 0 unspecified atom stereocenters. The molecule has 0 aliphatic heterocycles. The van der Waals surface area contributed by atoms with Crippen molar-refractivity contribution in [3.63, 3.8) is 0 Å². The quantitative estimate of drug-likeness (QED) is 0.705. The van der Waals surface area contributed by atoms with Gasteiger partial charge in [0.15, 0.2) is 0 Å². The largest absolute Gasteiger partial charge is 0.398 e. The molecule has 0 aliphatic carbocycles. The van der Waals surface area contributed by atoms with E-state index >= 15 is 0 Å². The standard InChI is InChI=1S/C16H13N3O.2C2H6/c17-15-5-4-13(19-10-2-1-3-16(19)20)11-14(15)12-6-8-18-9-7-12;2*1-2/h1-11H,17H2;2*1-2H3. The van der Waals surface area contributed by atoms with Crippen LogP contribution in [0.5, 0.6) is 0 Å². The predicted octanol–water partition coefficient (Wildman–Crippen LogP) is 4.53. The minimum atomic E-state index is -0.0713. The first kappa shape index (κ1) is 19.2. The van der Waals surface area contributed by atoms with Gasteiger partial charge in [0.25, 0.3) is 5.56 Å². The zero-order chi connectivity index (χ0) is 17.9. The molecule has 0 amide bonds. The SMILES string of the molecule is CC.CC.Nc1ccc(-n2ccccc2=O)cc1-c1ccncc1. The number of hydrogen-bond donors (Lipinski definition) is 1. The molecule has 4 nitrogen and oxygen atoms in total. The number of anilines is 1. The van der Waals surface area contributed by atoms with E-state index in [4.69, 9.17) is 5.73 Å². The second-order valence-corrected chi connectivity index (χ2v) is 4.42. The van der Waals surface area contributed by atoms with Gasteiger partial charge in [-0.05, 0) is 42.0 Å². The lowest BCUT2D eigenvalue weighted by Crippen LogP contribution is -2.15. The van der Waals surface area contributed by atoms with Crippen molar-refractivity contribution in [2.24, 2.45) is 0 Å². The fourth-order valence-corrected chi connectivity index (χ4v) is 2.12. The average Bonchev–Trinajstić information content (AvgIpc) is 2.67. The highest BCUT2D eigenvalue weighted by atomic mass is 16.1. The Morgan fingerprint density at radius 3 is 2.21 bits per heavy atom. The molecule has 126 valence electrons. The van der Waals surface area contributed by atoms with Gasteiger partial charge in [0.05, 0.1) is 0 Å². The van der Waals surface area contributed by atoms with E-state index in [1.807, 2.05) is 64.1 Å². The molecule has 0 aliphatic rings. The van der Waals surface area contributed by atoms with Crippen molar-refractivity contribution in [2.45, 2.75) is 27.7 Å². The van der Waals surface area contributed by atoms with E-state index in [1.54, 1.807) is 29.2 Å². The van der Waals surface area contributed by atoms with Gasteiger partial charge in [0, 0.05) is 41.6 Å². The maximum atomic E-state index is 11.9. The Labute approximate surface area is 143 Å². The van der Waals surface area contributed by atoms with Crippen molar-refractivity contribution in [3.05, 3.63) is 77.5 Å². The van der Waals surface area contributed by atoms with E-state index in [0.29, 0.717) is 5.69 Å². The van der Waals surface area contributed by atoms with Gasteiger partial charge in [0.1, 0.15) is 0 Å². The van der Waals surface area contributed by atoms with Crippen LogP contribution in [0.4, 0.5) is 5.69 Å². The molecule has 0 fully saturated rings. The maximum Gasteiger partial charge on any atom is 0.255 e. The van der Waals surface area contributed by atoms with E-state index in [1.165, 1.54) is 6.07 Å². The Bertz CT molecular complexity index is 795. The number of benzene rings is 1. The third-order valence-corrected chi connectivity index (χ3v) is 3.13. The predicted molar refractivity (Wildman–Crippen MR) is 102 cm³/mol. The van der Waals surface area contributed by atoms with Gasteiger partial charge in [-0.15, -0.1) is 0 Å². The van der Waals surface area contributed by atoms with E-state index in [9.17, 15) is 4.79 Å². The lowest BCUT2D eigenvalue weighted by atomic mass is 10.0. The number of rotatable bonds is 2. The monoisotopic (exact) mass is 323 g/mol. The summed E-state index contributed by atoms with van der Waals surface area (Å²) in [4.78, 5) is 15.9. The summed E-state index contributed by atoms with van der Waals surface area (Å²) in [6.45, 7) is 8.00. The summed E-state index contributed by atoms with van der Waals surface area (Å²) >= 11 is 0. The first-order chi connectivity index (χ1) is 11.8. The molecule has 0 bridgehead atoms. The molecular weight excluding hydrogens is 298 g/mol. The molecule has 0 saturated carbocycles. The number of pyridine rings is 2. The summed E-state index contributed by atoms with van der Waals surface area (Å²) in [5.41, 5.74) is 9.28. The van der Waals surface area contributed by atoms with Crippen molar-refractivity contribution in [3.8, 4) is 16.8 Å². The minimum Gasteiger partial charge on any atom is -0.398 e. The van der Waals surface area contributed by atoms with Crippen LogP contribution in [0, 0.1) is 0 Å². The van der Waals surface area contributed by atoms with Crippen molar-refractivity contribution in [2.75, 3.05) is 5.73 Å². The van der Waals surface area contributed by atoms with Gasteiger partial charge in [-0.25, -0.2) is 0 Å². The van der Waals surface area contributed by atoms with Gasteiger partial charge in [-0.3, -0.25) is 14.3 Å². The van der Waals surface area contributed by atoms with Crippen LogP contribution in [0.3, 0.4) is 0 Å². The van der Waals surface area contributed by atoms with Gasteiger partial charge in [0.2, 0.25) is 0 Å². The Morgan fingerprint density at radius 2 is 1.58 bits per heavy atom. The highest BCUT2D eigenvalue weighted by Crippen LogP contribution is 2.27. The van der Waals surface area contributed by atoms with Crippen LogP contribution in [0.25, 0.3) is 16.8 Å². The molecule has 1 aromatic carbocycles. The third kappa shape index (κ3) is 4.56. The molecule has 3 rings (SSSR count). The van der Waals surface area contributed by atoms with Crippen LogP contribution in [0.15, 0.2) is 71.9 Å². The minimum absolute atomic E-state index is 0.0713. The lowest BCUT2D eigenvalue weighted by molar-refractivity contribution is 0.991. The maximum absolute atomic E-state index is 11.9. The topological polar surface area (TPSA) is 60.9 Å². The van der Waals surface area contributed by atoms with Crippen molar-refractivity contribution in [1.82, 2.24) is 9.55 Å². The van der Waals surface area contributed by atoms with Gasteiger partial charge < -0.3 is 5.73 Å². The van der Waals surface area contributed by atoms with E-state index in [-0.39, 0.29) is 5.56 Å². The molecule has 0 radical (unpaired) electrons. The summed E-state index contributed by atoms with van der Waals surface area (Å²) in [7, 11) is 0. The van der Waals surface area contributed by atoms with Crippen LogP contribution < -0.4 is 11.3 Å². The van der Waals surface area contributed by atoms with Crippen LogP contribution in [-0.4, -0.2) is 9.55 Å². The number of nitrogens with two attached hydrogens (primary N) is 1. The molecule has 0 saturated heterocycles. The molecule has 3 aromatic rings. The highest BCUT2D eigenvalue weighted by molar-refractivity contribution is 5.77. The smallest absolute Gasteiger partial charge is 0.255 e. The number of nitrogen functional groups attached to an aromatic ring is 1. The summed E-state index contributed by atoms with van der Waals surface area (Å²) in [5.74, 6) is 0. The average molecular weight is 323 g/mol. The zero-order valence-electron chi connectivity index (χ0n) is 14.7. The fourth-order valence-electron chi connectivity index (χ4n) is 2.12. The third-order valence-electron chi connectivity index (χ3n) is 3.13. The second kappa shape index (κ2) is 10.0. The Hall–Kier alpha value is -2.88. The first-order valence-electron chi connectivity index (χ1n) is 8.24. The van der Waals surface area contributed by atoms with Gasteiger partial charge in [-0.2, -0.15) is 0 Å². The van der Waals surface area contributed by atoms with Gasteiger partial charge in [-0.1, -0.05) is 33.8 Å². The molecule has 4 heteroatoms. The molecule has 2 heterocycles. The van der Waals surface area contributed by atoms with Crippen molar-refractivity contribution in [1.29, 1.82) is 0 Å². The normalized spacial score (nSPS) is 9.17. The lowest BCUT2D eigenvalue weighted by Gasteiger charge is -2.10. The van der Waals surface area contributed by atoms with E-state index < -0.39 is 0 Å². The number of nitrogens with zero attached hydrogens (tertiary/aromatic N) is 2. The first-order valence-corrected chi connectivity index (χ1v) is 8.24. The molecule has 0 atom stereocenters. The molecule has 0 spiro atoms. The van der Waals surface area contributed by atoms with Crippen LogP contribution in [0.2, 0.25) is 0 Å². The fraction of sp³-hybridized carbons (Fsp3) is 0.200. The highest BCUT2D eigenvalue weighted by Gasteiger charge is 2.06. The van der Waals surface area contributed by atoms with E-state index in [0.717, 1.165) is 16.8 Å². The van der Waals surface area contributed by atoms with E-state index in [2.05, 4.69) is 4.98 Å². The summed E-state index contributed by atoms with van der Waals surface area (Å²) in [6.07, 6.45) is 5.18. The number of hydrogen-bond acceptors (Lipinski definition) is 3. The number of aromatic nitrogens is 2. The summed E-state index contributed by atoms with van der Waals surface area (Å²) in [6, 6.07) is 14.4. The summed E-state index contributed by atoms with van der Waals surface area (Å²) < 4.78 is 1.59. The molecular formula is C20H25N3O. The Kier molecular flexibility index (Phi) is 7.99. The van der Waals surface area contributed by atoms with Crippen LogP contribution in [0.1, 0.15) is 27.7 Å². The van der Waals surface area contributed by atoms with Gasteiger partial charge >= 0.3 is 0 Å². The van der Waals surface area contributed by atoms with Crippen molar-refractivity contribution < 1.29 is 0 Å². The van der Waals surface area contributed by atoms with Crippen LogP contribution in [-0.2, 0) is 0 Å².